The van der Waals surface area contributed by atoms with Gasteiger partial charge in [0.2, 0.25) is 11.8 Å². The highest BCUT2D eigenvalue weighted by Crippen LogP contribution is 2.50. The molecule has 2 heterocycles. The van der Waals surface area contributed by atoms with Crippen LogP contribution in [0.25, 0.3) is 5.69 Å². The Kier molecular flexibility index (Phi) is 7.03. The number of aryl methyl sites for hydroxylation is 2. The predicted octanol–water partition coefficient (Wildman–Crippen LogP) is 5.24. The van der Waals surface area contributed by atoms with Gasteiger partial charge in [-0.1, -0.05) is 56.7 Å². The Bertz CT molecular complexity index is 1390. The van der Waals surface area contributed by atoms with Crippen LogP contribution < -0.4 is 15.0 Å². The lowest BCUT2D eigenvalue weighted by Crippen LogP contribution is -2.43. The molecule has 0 spiro atoms. The summed E-state index contributed by atoms with van der Waals surface area (Å²) >= 11 is 1.56. The summed E-state index contributed by atoms with van der Waals surface area (Å²) in [5.41, 5.74) is 5.63. The van der Waals surface area contributed by atoms with Crippen LogP contribution >= 0.6 is 11.8 Å². The standard InChI is InChI=1S/C30H36N4O3S/c1-18-11-14-22(19(2)15-18)34-29-26(28(32-34)30(3,4)5)27(21-9-7-8-10-23(21)37-6)38-17-25(36)33(29)16-24(35)31-20-12-13-20/h7-11,14-15,20,27H,12-13,16-17H2,1-6H3,(H,31,35)/t27-/m0/s1. The number of methoxy groups -OCH3 is 1. The van der Waals surface area contributed by atoms with Crippen LogP contribution in [0.3, 0.4) is 0 Å². The molecule has 3 aromatic rings. The van der Waals surface area contributed by atoms with E-state index in [1.54, 1.807) is 23.8 Å². The van der Waals surface area contributed by atoms with E-state index in [0.717, 1.165) is 52.2 Å². The molecular formula is C30H36N4O3S. The molecule has 7 nitrogen and oxygen atoms in total. The van der Waals surface area contributed by atoms with Crippen LogP contribution in [0.15, 0.2) is 42.5 Å². The van der Waals surface area contributed by atoms with Crippen LogP contribution in [0.4, 0.5) is 5.82 Å². The van der Waals surface area contributed by atoms with Crippen molar-refractivity contribution in [3.8, 4) is 11.4 Å². The molecular weight excluding hydrogens is 496 g/mol. The second-order valence-electron chi connectivity index (χ2n) is 11.3. The molecule has 2 aliphatic rings. The zero-order chi connectivity index (χ0) is 27.2. The van der Waals surface area contributed by atoms with Gasteiger partial charge in [0.15, 0.2) is 0 Å². The number of carbonyl (C=O) groups is 2. The van der Waals surface area contributed by atoms with Crippen molar-refractivity contribution >= 4 is 29.4 Å². The first kappa shape index (κ1) is 26.4. The monoisotopic (exact) mass is 532 g/mol. The first-order valence-electron chi connectivity index (χ1n) is 13.1. The molecule has 1 saturated carbocycles. The molecule has 0 unspecified atom stereocenters. The normalized spacial score (nSPS) is 17.7. The average molecular weight is 533 g/mol. The number of carbonyl (C=O) groups excluding carboxylic acids is 2. The number of nitrogens with one attached hydrogen (secondary N) is 1. The highest BCUT2D eigenvalue weighted by atomic mass is 32.2. The lowest BCUT2D eigenvalue weighted by molar-refractivity contribution is -0.123. The topological polar surface area (TPSA) is 76.5 Å². The second kappa shape index (κ2) is 10.1. The minimum absolute atomic E-state index is 0.0400. The van der Waals surface area contributed by atoms with E-state index in [4.69, 9.17) is 9.84 Å². The number of benzene rings is 2. The molecule has 1 aliphatic heterocycles. The summed E-state index contributed by atoms with van der Waals surface area (Å²) in [6.45, 7) is 10.5. The van der Waals surface area contributed by atoms with E-state index in [9.17, 15) is 9.59 Å². The van der Waals surface area contributed by atoms with Gasteiger partial charge in [0.05, 0.1) is 29.5 Å². The average Bonchev–Trinajstić information content (AvgIpc) is 3.61. The molecule has 0 bridgehead atoms. The van der Waals surface area contributed by atoms with Gasteiger partial charge in [0.1, 0.15) is 18.1 Å². The number of para-hydroxylation sites is 1. The van der Waals surface area contributed by atoms with Crippen LogP contribution in [-0.4, -0.2) is 47.0 Å². The number of amides is 2. The summed E-state index contributed by atoms with van der Waals surface area (Å²) in [4.78, 5) is 28.5. The molecule has 5 rings (SSSR count). The molecule has 0 radical (unpaired) electrons. The third-order valence-corrected chi connectivity index (χ3v) is 8.28. The van der Waals surface area contributed by atoms with Crippen LogP contribution in [0.1, 0.15) is 66.8 Å². The molecule has 200 valence electrons. The van der Waals surface area contributed by atoms with Crippen molar-refractivity contribution in [2.75, 3.05) is 24.3 Å². The summed E-state index contributed by atoms with van der Waals surface area (Å²) in [6, 6.07) is 14.4. The number of rotatable bonds is 6. The van der Waals surface area contributed by atoms with Crippen molar-refractivity contribution in [2.45, 2.75) is 64.2 Å². The van der Waals surface area contributed by atoms with Crippen molar-refractivity contribution in [1.82, 2.24) is 15.1 Å². The third kappa shape index (κ3) is 5.06. The highest BCUT2D eigenvalue weighted by molar-refractivity contribution is 8.00. The lowest BCUT2D eigenvalue weighted by atomic mass is 9.87. The van der Waals surface area contributed by atoms with E-state index in [0.29, 0.717) is 5.82 Å². The molecule has 38 heavy (non-hydrogen) atoms. The number of aromatic nitrogens is 2. The summed E-state index contributed by atoms with van der Waals surface area (Å²) in [7, 11) is 1.67. The van der Waals surface area contributed by atoms with E-state index in [1.165, 1.54) is 0 Å². The predicted molar refractivity (Wildman–Crippen MR) is 153 cm³/mol. The first-order chi connectivity index (χ1) is 18.1. The number of fused-ring (bicyclic) bond motifs is 1. The van der Waals surface area contributed by atoms with E-state index >= 15 is 0 Å². The van der Waals surface area contributed by atoms with E-state index in [-0.39, 0.29) is 40.8 Å². The van der Waals surface area contributed by atoms with Gasteiger partial charge in [0, 0.05) is 22.6 Å². The van der Waals surface area contributed by atoms with E-state index < -0.39 is 0 Å². The zero-order valence-corrected chi connectivity index (χ0v) is 23.8. The fraction of sp³-hybridized carbons (Fsp3) is 0.433. The van der Waals surface area contributed by atoms with Gasteiger partial charge < -0.3 is 10.1 Å². The number of anilines is 1. The van der Waals surface area contributed by atoms with Gasteiger partial charge >= 0.3 is 0 Å². The summed E-state index contributed by atoms with van der Waals surface area (Å²) in [5, 5.41) is 8.06. The number of thioether (sulfide) groups is 1. The molecule has 2 amide bonds. The Labute approximate surface area is 228 Å². The zero-order valence-electron chi connectivity index (χ0n) is 23.0. The van der Waals surface area contributed by atoms with Gasteiger partial charge in [-0.25, -0.2) is 4.68 Å². The summed E-state index contributed by atoms with van der Waals surface area (Å²) in [6.07, 6.45) is 1.98. The molecule has 2 aromatic carbocycles. The minimum Gasteiger partial charge on any atom is -0.496 e. The Balaban J connectivity index is 1.79. The maximum absolute atomic E-state index is 13.8. The van der Waals surface area contributed by atoms with Crippen molar-refractivity contribution in [2.24, 2.45) is 0 Å². The molecule has 1 fully saturated rings. The molecule has 8 heteroatoms. The number of hydrogen-bond donors (Lipinski definition) is 1. The van der Waals surface area contributed by atoms with Crippen LogP contribution in [-0.2, 0) is 15.0 Å². The van der Waals surface area contributed by atoms with E-state index in [2.05, 4.69) is 58.1 Å². The van der Waals surface area contributed by atoms with Gasteiger partial charge in [-0.2, -0.15) is 5.10 Å². The fourth-order valence-corrected chi connectivity index (χ4v) is 6.28. The number of ether oxygens (including phenoxy) is 1. The van der Waals surface area contributed by atoms with Gasteiger partial charge in [-0.3, -0.25) is 14.5 Å². The highest BCUT2D eigenvalue weighted by Gasteiger charge is 2.41. The molecule has 1 N–H and O–H groups in total. The Morgan fingerprint density at radius 3 is 2.55 bits per heavy atom. The summed E-state index contributed by atoms with van der Waals surface area (Å²) < 4.78 is 7.66. The Morgan fingerprint density at radius 1 is 1.16 bits per heavy atom. The van der Waals surface area contributed by atoms with Gasteiger partial charge in [-0.05, 0) is 44.4 Å². The van der Waals surface area contributed by atoms with Crippen molar-refractivity contribution < 1.29 is 14.3 Å². The number of hydrogen-bond acceptors (Lipinski definition) is 5. The largest absolute Gasteiger partial charge is 0.496 e. The van der Waals surface area contributed by atoms with Crippen LogP contribution in [0.2, 0.25) is 0 Å². The quantitative estimate of drug-likeness (QED) is 0.470. The van der Waals surface area contributed by atoms with E-state index in [1.807, 2.05) is 28.9 Å². The van der Waals surface area contributed by atoms with Gasteiger partial charge in [-0.15, -0.1) is 11.8 Å². The summed E-state index contributed by atoms with van der Waals surface area (Å²) in [5.74, 6) is 1.43. The van der Waals surface area contributed by atoms with Crippen LogP contribution in [0, 0.1) is 13.8 Å². The SMILES string of the molecule is COc1ccccc1[C@@H]1SCC(=O)N(CC(=O)NC2CC2)c2c1c(C(C)(C)C)nn2-c1ccc(C)cc1C. The maximum Gasteiger partial charge on any atom is 0.240 e. The smallest absolute Gasteiger partial charge is 0.240 e. The maximum atomic E-state index is 13.8. The second-order valence-corrected chi connectivity index (χ2v) is 12.4. The molecule has 1 aliphatic carbocycles. The first-order valence-corrected chi connectivity index (χ1v) is 14.2. The van der Waals surface area contributed by atoms with Crippen LogP contribution in [0.5, 0.6) is 5.75 Å². The molecule has 0 saturated heterocycles. The fourth-order valence-electron chi connectivity index (χ4n) is 5.06. The van der Waals surface area contributed by atoms with Crippen molar-refractivity contribution in [3.63, 3.8) is 0 Å². The number of nitrogens with zero attached hydrogens (tertiary/aromatic N) is 3. The Morgan fingerprint density at radius 2 is 1.89 bits per heavy atom. The molecule has 1 aromatic heterocycles. The molecule has 1 atom stereocenters. The Hall–Kier alpha value is -3.26. The van der Waals surface area contributed by atoms with Crippen molar-refractivity contribution in [3.05, 3.63) is 70.4 Å². The van der Waals surface area contributed by atoms with Crippen molar-refractivity contribution in [1.29, 1.82) is 0 Å². The third-order valence-electron chi connectivity index (χ3n) is 7.05. The van der Waals surface area contributed by atoms with Gasteiger partial charge in [0.25, 0.3) is 0 Å². The lowest BCUT2D eigenvalue weighted by Gasteiger charge is -2.25. The minimum atomic E-state index is -0.315.